The molecule has 0 aromatic heterocycles. The molecule has 0 heterocycles. The molecule has 0 radical (unpaired) electrons. The Hall–Kier alpha value is 0.315. The number of hydrogen-bond acceptors (Lipinski definition) is 1. The summed E-state index contributed by atoms with van der Waals surface area (Å²) in [7, 11) is 1.47. The zero-order valence-electron chi connectivity index (χ0n) is 6.95. The van der Waals surface area contributed by atoms with E-state index in [1.165, 1.54) is 26.9 Å². The Balaban J connectivity index is 0. The van der Waals surface area contributed by atoms with E-state index in [-0.39, 0.29) is 0 Å². The molecule has 1 nitrogen and oxygen atoms in total. The molecule has 0 saturated heterocycles. The highest BCUT2D eigenvalue weighted by atomic mass is 35.5. The van der Waals surface area contributed by atoms with Crippen LogP contribution in [0.5, 0.6) is 0 Å². The lowest BCUT2D eigenvalue weighted by atomic mass is 10.5. The Morgan fingerprint density at radius 2 is 1.22 bits per heavy atom. The average Bonchev–Trinajstić information content (AvgIpc) is 1.96. The van der Waals surface area contributed by atoms with Gasteiger partial charge in [-0.25, -0.2) is 11.5 Å². The second kappa shape index (κ2) is 11.2. The molecule has 0 spiro atoms. The maximum atomic E-state index is 4.64. The summed E-state index contributed by atoms with van der Waals surface area (Å²) in [5.41, 5.74) is 0. The molecule has 56 valence electrons. The molecule has 0 aliphatic rings. The van der Waals surface area contributed by atoms with Gasteiger partial charge in [-0.15, -0.1) is 0 Å². The molecular formula is C6H17BClN. The average molecular weight is 149 g/mol. The molecule has 0 aliphatic carbocycles. The van der Waals surface area contributed by atoms with Crippen LogP contribution in [-0.2, 0) is 0 Å². The fraction of sp³-hybridized carbons (Fsp3) is 1.00. The summed E-state index contributed by atoms with van der Waals surface area (Å²) in [5, 5.41) is 0. The van der Waals surface area contributed by atoms with Gasteiger partial charge in [0, 0.05) is 0 Å². The van der Waals surface area contributed by atoms with Crippen LogP contribution in [0.15, 0.2) is 0 Å². The molecule has 0 atom stereocenters. The van der Waals surface area contributed by atoms with E-state index in [4.69, 9.17) is 0 Å². The SMILES string of the molecule is BCl.CCN(CC)CC. The zero-order valence-corrected chi connectivity index (χ0v) is 7.70. The molecule has 0 unspecified atom stereocenters. The summed E-state index contributed by atoms with van der Waals surface area (Å²) < 4.78 is 0. The third-order valence-corrected chi connectivity index (χ3v) is 1.34. The van der Waals surface area contributed by atoms with Crippen LogP contribution in [0.4, 0.5) is 0 Å². The van der Waals surface area contributed by atoms with E-state index < -0.39 is 0 Å². The normalized spacial score (nSPS) is 8.56. The van der Waals surface area contributed by atoms with Gasteiger partial charge in [0.2, 0.25) is 7.26 Å². The Bertz CT molecular complexity index is 34.5. The first-order valence-electron chi connectivity index (χ1n) is 3.45. The van der Waals surface area contributed by atoms with Crippen molar-refractivity contribution in [2.45, 2.75) is 20.8 Å². The highest BCUT2D eigenvalue weighted by molar-refractivity contribution is 6.80. The maximum Gasteiger partial charge on any atom is 0.215 e. The summed E-state index contributed by atoms with van der Waals surface area (Å²) in [6.07, 6.45) is 0. The first kappa shape index (κ1) is 12.0. The van der Waals surface area contributed by atoms with E-state index in [2.05, 4.69) is 37.1 Å². The monoisotopic (exact) mass is 149 g/mol. The van der Waals surface area contributed by atoms with Crippen molar-refractivity contribution in [3.05, 3.63) is 0 Å². The van der Waals surface area contributed by atoms with Crippen LogP contribution >= 0.6 is 11.5 Å². The van der Waals surface area contributed by atoms with Crippen molar-refractivity contribution >= 4 is 18.7 Å². The van der Waals surface area contributed by atoms with Gasteiger partial charge in [-0.05, 0) is 19.6 Å². The largest absolute Gasteiger partial charge is 0.304 e. The predicted octanol–water partition coefficient (Wildman–Crippen LogP) is 1.12. The maximum absolute atomic E-state index is 4.64. The van der Waals surface area contributed by atoms with Crippen LogP contribution in [-0.4, -0.2) is 31.8 Å². The molecule has 0 aromatic rings. The van der Waals surface area contributed by atoms with Crippen LogP contribution in [0.2, 0.25) is 0 Å². The van der Waals surface area contributed by atoms with Gasteiger partial charge in [-0.2, -0.15) is 0 Å². The van der Waals surface area contributed by atoms with E-state index in [1.54, 1.807) is 0 Å². The van der Waals surface area contributed by atoms with Crippen LogP contribution in [0.3, 0.4) is 0 Å². The summed E-state index contributed by atoms with van der Waals surface area (Å²) in [5.74, 6) is 0. The first-order chi connectivity index (χ1) is 4.35. The summed E-state index contributed by atoms with van der Waals surface area (Å²) in [6, 6.07) is 0. The molecule has 0 aromatic carbocycles. The quantitative estimate of drug-likeness (QED) is 0.544. The van der Waals surface area contributed by atoms with Gasteiger partial charge in [-0.3, -0.25) is 0 Å². The molecule has 3 heteroatoms. The Labute approximate surface area is 64.7 Å². The fourth-order valence-electron chi connectivity index (χ4n) is 0.671. The van der Waals surface area contributed by atoms with Gasteiger partial charge in [0.15, 0.2) is 0 Å². The third-order valence-electron chi connectivity index (χ3n) is 1.34. The Morgan fingerprint density at radius 3 is 1.22 bits per heavy atom. The molecule has 0 rings (SSSR count). The molecule has 0 aliphatic heterocycles. The molecular weight excluding hydrogens is 132 g/mol. The minimum atomic E-state index is 1.19. The highest BCUT2D eigenvalue weighted by Crippen LogP contribution is 1.81. The minimum absolute atomic E-state index is 1.19. The van der Waals surface area contributed by atoms with Crippen LogP contribution in [0.1, 0.15) is 20.8 Å². The van der Waals surface area contributed by atoms with Gasteiger partial charge in [0.1, 0.15) is 0 Å². The second-order valence-electron chi connectivity index (χ2n) is 1.62. The van der Waals surface area contributed by atoms with E-state index in [1.807, 2.05) is 0 Å². The summed E-state index contributed by atoms with van der Waals surface area (Å²) >= 11 is 4.64. The van der Waals surface area contributed by atoms with Crippen molar-refractivity contribution in [2.75, 3.05) is 19.6 Å². The van der Waals surface area contributed by atoms with Crippen molar-refractivity contribution in [2.24, 2.45) is 0 Å². The van der Waals surface area contributed by atoms with Crippen LogP contribution in [0, 0.1) is 0 Å². The van der Waals surface area contributed by atoms with Gasteiger partial charge in [-0.1, -0.05) is 20.8 Å². The Morgan fingerprint density at radius 1 is 1.00 bits per heavy atom. The lowest BCUT2D eigenvalue weighted by Gasteiger charge is -2.13. The number of nitrogens with zero attached hydrogens (tertiary/aromatic N) is 1. The van der Waals surface area contributed by atoms with Gasteiger partial charge < -0.3 is 4.90 Å². The molecule has 0 N–H and O–H groups in total. The summed E-state index contributed by atoms with van der Waals surface area (Å²) in [6.45, 7) is 10.1. The third kappa shape index (κ3) is 8.31. The lowest BCUT2D eigenvalue weighted by Crippen LogP contribution is -2.21. The van der Waals surface area contributed by atoms with Gasteiger partial charge in [0.25, 0.3) is 0 Å². The predicted molar refractivity (Wildman–Crippen MR) is 47.9 cm³/mol. The minimum Gasteiger partial charge on any atom is -0.304 e. The van der Waals surface area contributed by atoms with Crippen molar-refractivity contribution in [1.82, 2.24) is 4.90 Å². The number of rotatable bonds is 3. The van der Waals surface area contributed by atoms with E-state index in [9.17, 15) is 0 Å². The van der Waals surface area contributed by atoms with E-state index in [0.29, 0.717) is 0 Å². The Kier molecular flexibility index (Phi) is 14.9. The molecule has 0 saturated carbocycles. The van der Waals surface area contributed by atoms with Gasteiger partial charge >= 0.3 is 0 Å². The molecule has 9 heavy (non-hydrogen) atoms. The lowest BCUT2D eigenvalue weighted by molar-refractivity contribution is 0.321. The van der Waals surface area contributed by atoms with Crippen LogP contribution < -0.4 is 0 Å². The number of hydrogen-bond donors (Lipinski definition) is 0. The van der Waals surface area contributed by atoms with Crippen molar-refractivity contribution in [3.8, 4) is 0 Å². The van der Waals surface area contributed by atoms with Crippen molar-refractivity contribution in [3.63, 3.8) is 0 Å². The summed E-state index contributed by atoms with van der Waals surface area (Å²) in [4.78, 5) is 2.38. The fourth-order valence-corrected chi connectivity index (χ4v) is 0.671. The topological polar surface area (TPSA) is 3.24 Å². The standard InChI is InChI=1S/C6H15N.BClH2/c1-4-7(5-2)6-3;1-2/h4-6H2,1-3H3;1H2. The highest BCUT2D eigenvalue weighted by Gasteiger charge is 1.89. The first-order valence-corrected chi connectivity index (χ1v) is 4.20. The molecule has 0 fully saturated rings. The van der Waals surface area contributed by atoms with Crippen molar-refractivity contribution in [1.29, 1.82) is 0 Å². The number of halogens is 1. The molecule has 0 bridgehead atoms. The molecule has 0 amide bonds. The van der Waals surface area contributed by atoms with E-state index >= 15 is 0 Å². The second-order valence-corrected chi connectivity index (χ2v) is 1.62. The van der Waals surface area contributed by atoms with Crippen LogP contribution in [0.25, 0.3) is 0 Å². The van der Waals surface area contributed by atoms with Crippen molar-refractivity contribution < 1.29 is 0 Å². The van der Waals surface area contributed by atoms with Gasteiger partial charge in [0.05, 0.1) is 0 Å². The van der Waals surface area contributed by atoms with E-state index in [0.717, 1.165) is 0 Å². The zero-order chi connectivity index (χ0) is 7.70. The smallest absolute Gasteiger partial charge is 0.215 e.